The van der Waals surface area contributed by atoms with Gasteiger partial charge in [0.1, 0.15) is 4.88 Å². The molecule has 2 heterocycles. The van der Waals surface area contributed by atoms with Crippen molar-refractivity contribution in [3.05, 3.63) is 34.8 Å². The van der Waals surface area contributed by atoms with Crippen LogP contribution in [0.15, 0.2) is 24.4 Å². The van der Waals surface area contributed by atoms with Crippen LogP contribution < -0.4 is 5.32 Å². The molecule has 3 rings (SSSR count). The molecule has 0 fully saturated rings. The number of nitrogens with zero attached hydrogens (tertiary/aromatic N) is 3. The third-order valence-corrected chi connectivity index (χ3v) is 5.22. The number of ether oxygens (including phenoxy) is 1. The molecule has 0 saturated heterocycles. The summed E-state index contributed by atoms with van der Waals surface area (Å²) in [5.74, 6) is 0.0486. The highest BCUT2D eigenvalue weighted by molar-refractivity contribution is 7.18. The van der Waals surface area contributed by atoms with Crippen LogP contribution in [0.25, 0.3) is 16.0 Å². The molecule has 162 valence electrons. The number of imidazole rings is 1. The van der Waals surface area contributed by atoms with Gasteiger partial charge in [-0.2, -0.15) is 0 Å². The Morgan fingerprint density at radius 2 is 2.03 bits per heavy atom. The molecule has 0 spiro atoms. The van der Waals surface area contributed by atoms with Crippen molar-refractivity contribution in [1.29, 1.82) is 0 Å². The predicted molar refractivity (Wildman–Crippen MR) is 125 cm³/mol. The third-order valence-electron chi connectivity index (χ3n) is 4.25. The fourth-order valence-electron chi connectivity index (χ4n) is 3.15. The maximum absolute atomic E-state index is 12.7. The quantitative estimate of drug-likeness (QED) is 0.535. The van der Waals surface area contributed by atoms with E-state index in [1.807, 2.05) is 17.6 Å². The second-order valence-corrected chi connectivity index (χ2v) is 9.08. The van der Waals surface area contributed by atoms with Crippen LogP contribution in [-0.4, -0.2) is 54.0 Å². The lowest BCUT2D eigenvalue weighted by molar-refractivity contribution is 0.0750. The molecule has 1 N–H and O–H groups in total. The lowest BCUT2D eigenvalue weighted by Crippen LogP contribution is -2.34. The number of aromatic nitrogens is 2. The maximum atomic E-state index is 12.7. The minimum Gasteiger partial charge on any atom is -0.383 e. The van der Waals surface area contributed by atoms with E-state index in [-0.39, 0.29) is 36.1 Å². The molecular formula is C20H30Cl2N4O2S. The summed E-state index contributed by atoms with van der Waals surface area (Å²) < 4.78 is 7.06. The zero-order chi connectivity index (χ0) is 19.6. The highest BCUT2D eigenvalue weighted by Gasteiger charge is 2.21. The average Bonchev–Trinajstić information content (AvgIpc) is 3.13. The van der Waals surface area contributed by atoms with E-state index < -0.39 is 0 Å². The molecule has 0 bridgehead atoms. The summed E-state index contributed by atoms with van der Waals surface area (Å²) in [4.78, 5) is 20.8. The number of methoxy groups -OCH3 is 1. The number of carbonyl (C=O) groups excluding carboxylic acids is 1. The Balaban J connectivity index is 0.00000210. The summed E-state index contributed by atoms with van der Waals surface area (Å²) >= 11 is 1.44. The van der Waals surface area contributed by atoms with Crippen LogP contribution in [0.5, 0.6) is 0 Å². The van der Waals surface area contributed by atoms with Crippen molar-refractivity contribution in [1.82, 2.24) is 19.6 Å². The molecule has 0 aliphatic rings. The number of carbonyl (C=O) groups is 1. The van der Waals surface area contributed by atoms with Gasteiger partial charge in [0.2, 0.25) is 0 Å². The molecule has 0 unspecified atom stereocenters. The summed E-state index contributed by atoms with van der Waals surface area (Å²) in [5.41, 5.74) is 3.24. The number of hydrogen-bond donors (Lipinski definition) is 1. The number of thiazole rings is 1. The smallest absolute Gasteiger partial charge is 0.265 e. The molecule has 3 aromatic rings. The van der Waals surface area contributed by atoms with E-state index in [1.54, 1.807) is 12.0 Å². The normalized spacial score (nSPS) is 11.3. The highest BCUT2D eigenvalue weighted by atomic mass is 35.5. The van der Waals surface area contributed by atoms with Crippen LogP contribution in [0.1, 0.15) is 36.0 Å². The highest BCUT2D eigenvalue weighted by Crippen LogP contribution is 2.26. The minimum atomic E-state index is 0. The number of benzene rings is 1. The molecule has 1 amide bonds. The minimum absolute atomic E-state index is 0. The number of hydrogen-bond acceptors (Lipinski definition) is 5. The summed E-state index contributed by atoms with van der Waals surface area (Å²) in [7, 11) is 3.56. The van der Waals surface area contributed by atoms with Crippen LogP contribution in [-0.2, 0) is 11.3 Å². The van der Waals surface area contributed by atoms with Crippen molar-refractivity contribution in [2.24, 2.45) is 5.41 Å². The predicted octanol–water partition coefficient (Wildman–Crippen LogP) is 4.25. The SMILES string of the molecule is COCCNCc1ccc2c(c1)nc1sc(C(=O)N(C)CC(C)(C)C)cn12.Cl.Cl. The van der Waals surface area contributed by atoms with Gasteiger partial charge in [0.15, 0.2) is 4.96 Å². The van der Waals surface area contributed by atoms with Gasteiger partial charge >= 0.3 is 0 Å². The Bertz CT molecular complexity index is 949. The van der Waals surface area contributed by atoms with Gasteiger partial charge in [-0.1, -0.05) is 38.2 Å². The van der Waals surface area contributed by atoms with Gasteiger partial charge in [-0.15, -0.1) is 24.8 Å². The zero-order valence-corrected chi connectivity index (χ0v) is 20.0. The Kier molecular flexibility index (Phi) is 9.37. The number of amides is 1. The van der Waals surface area contributed by atoms with E-state index in [2.05, 4.69) is 44.3 Å². The molecule has 0 atom stereocenters. The molecule has 1 aromatic carbocycles. The van der Waals surface area contributed by atoms with Crippen molar-refractivity contribution in [2.75, 3.05) is 33.9 Å². The second-order valence-electron chi connectivity index (χ2n) is 8.07. The fraction of sp³-hybridized carbons (Fsp3) is 0.500. The van der Waals surface area contributed by atoms with Crippen molar-refractivity contribution in [3.63, 3.8) is 0 Å². The molecule has 29 heavy (non-hydrogen) atoms. The van der Waals surface area contributed by atoms with Crippen molar-refractivity contribution in [3.8, 4) is 0 Å². The van der Waals surface area contributed by atoms with Crippen LogP contribution in [0.4, 0.5) is 0 Å². The number of halogens is 2. The Hall–Kier alpha value is -1.38. The molecule has 6 nitrogen and oxygen atoms in total. The first kappa shape index (κ1) is 25.7. The molecule has 0 radical (unpaired) electrons. The summed E-state index contributed by atoms with van der Waals surface area (Å²) in [6.07, 6.45) is 1.91. The zero-order valence-electron chi connectivity index (χ0n) is 17.5. The summed E-state index contributed by atoms with van der Waals surface area (Å²) in [6, 6.07) is 6.27. The average molecular weight is 461 g/mol. The van der Waals surface area contributed by atoms with Gasteiger partial charge in [0.05, 0.1) is 17.6 Å². The maximum Gasteiger partial charge on any atom is 0.265 e. The largest absolute Gasteiger partial charge is 0.383 e. The van der Waals surface area contributed by atoms with Crippen molar-refractivity contribution >= 4 is 58.1 Å². The van der Waals surface area contributed by atoms with E-state index in [0.717, 1.165) is 34.0 Å². The van der Waals surface area contributed by atoms with E-state index >= 15 is 0 Å². The van der Waals surface area contributed by atoms with Crippen LogP contribution >= 0.6 is 36.2 Å². The van der Waals surface area contributed by atoms with E-state index in [1.165, 1.54) is 16.9 Å². The van der Waals surface area contributed by atoms with Crippen LogP contribution in [0.2, 0.25) is 0 Å². The van der Waals surface area contributed by atoms with Gasteiger partial charge in [0.25, 0.3) is 5.91 Å². The lowest BCUT2D eigenvalue weighted by Gasteiger charge is -2.26. The van der Waals surface area contributed by atoms with Crippen LogP contribution in [0.3, 0.4) is 0 Å². The Morgan fingerprint density at radius 1 is 1.31 bits per heavy atom. The van der Waals surface area contributed by atoms with Crippen LogP contribution in [0, 0.1) is 5.41 Å². The first-order valence-electron chi connectivity index (χ1n) is 9.14. The van der Waals surface area contributed by atoms with Gasteiger partial charge in [-0.25, -0.2) is 4.98 Å². The van der Waals surface area contributed by atoms with Gasteiger partial charge in [-0.05, 0) is 23.1 Å². The van der Waals surface area contributed by atoms with Gasteiger partial charge in [0, 0.05) is 40.0 Å². The summed E-state index contributed by atoms with van der Waals surface area (Å²) in [6.45, 7) is 9.41. The number of nitrogens with one attached hydrogen (secondary N) is 1. The molecule has 0 saturated carbocycles. The first-order valence-corrected chi connectivity index (χ1v) is 9.96. The molecule has 0 aliphatic carbocycles. The third kappa shape index (κ3) is 6.30. The van der Waals surface area contributed by atoms with Crippen molar-refractivity contribution < 1.29 is 9.53 Å². The number of rotatable bonds is 7. The Labute approximate surface area is 188 Å². The molecule has 0 aliphatic heterocycles. The second kappa shape index (κ2) is 10.6. The number of fused-ring (bicyclic) bond motifs is 3. The molecule has 9 heteroatoms. The van der Waals surface area contributed by atoms with Gasteiger partial charge in [-0.3, -0.25) is 9.20 Å². The van der Waals surface area contributed by atoms with Crippen molar-refractivity contribution in [2.45, 2.75) is 27.3 Å². The van der Waals surface area contributed by atoms with E-state index in [9.17, 15) is 4.79 Å². The van der Waals surface area contributed by atoms with E-state index in [4.69, 9.17) is 9.72 Å². The first-order chi connectivity index (χ1) is 12.8. The Morgan fingerprint density at radius 3 is 2.69 bits per heavy atom. The van der Waals surface area contributed by atoms with Gasteiger partial charge < -0.3 is 15.0 Å². The monoisotopic (exact) mass is 460 g/mol. The lowest BCUT2D eigenvalue weighted by atomic mass is 9.96. The fourth-order valence-corrected chi connectivity index (χ4v) is 4.14. The van der Waals surface area contributed by atoms with E-state index in [0.29, 0.717) is 13.2 Å². The molecular weight excluding hydrogens is 431 g/mol. The topological polar surface area (TPSA) is 58.9 Å². The molecule has 2 aromatic heterocycles. The summed E-state index contributed by atoms with van der Waals surface area (Å²) in [5, 5.41) is 3.34. The standard InChI is InChI=1S/C20H28N4O2S.2ClH/c1-20(2,3)13-23(4)18(25)17-12-24-16-7-6-14(11-21-8-9-26-5)10-15(16)22-19(24)27-17;;/h6-7,10,12,21H,8-9,11,13H2,1-5H3;2*1H.